The van der Waals surface area contributed by atoms with Gasteiger partial charge >= 0.3 is 0 Å². The molecular formula is C10H9BrF2O3. The fourth-order valence-electron chi connectivity index (χ4n) is 1.49. The number of halogens is 3. The van der Waals surface area contributed by atoms with Crippen LogP contribution in [0.5, 0.6) is 5.75 Å². The normalized spacial score (nSPS) is 16.8. The maximum Gasteiger partial charge on any atom is 0.202 e. The molecule has 1 heterocycles. The molecule has 1 aromatic rings. The Labute approximate surface area is 99.4 Å². The molecule has 1 saturated heterocycles. The zero-order valence-corrected chi connectivity index (χ0v) is 10.0. The van der Waals surface area contributed by atoms with Crippen LogP contribution in [0, 0.1) is 11.6 Å². The van der Waals surface area contributed by atoms with Crippen molar-refractivity contribution in [2.75, 3.05) is 20.3 Å². The molecule has 0 N–H and O–H groups in total. The summed E-state index contributed by atoms with van der Waals surface area (Å²) in [6.07, 6.45) is -0.850. The Kier molecular flexibility index (Phi) is 3.41. The van der Waals surface area contributed by atoms with Crippen LogP contribution in [-0.4, -0.2) is 20.3 Å². The molecule has 3 nitrogen and oxygen atoms in total. The molecule has 1 aromatic carbocycles. The SMILES string of the molecule is COc1c(Br)cc(C2OCCO2)c(F)c1F. The quantitative estimate of drug-likeness (QED) is 0.785. The molecule has 16 heavy (non-hydrogen) atoms. The van der Waals surface area contributed by atoms with Crippen LogP contribution in [0.3, 0.4) is 0 Å². The lowest BCUT2D eigenvalue weighted by Gasteiger charge is -2.13. The van der Waals surface area contributed by atoms with E-state index in [-0.39, 0.29) is 11.3 Å². The lowest BCUT2D eigenvalue weighted by Crippen LogP contribution is -2.05. The van der Waals surface area contributed by atoms with Gasteiger partial charge in [0.15, 0.2) is 17.9 Å². The molecule has 0 radical (unpaired) electrons. The van der Waals surface area contributed by atoms with Crippen LogP contribution < -0.4 is 4.74 Å². The van der Waals surface area contributed by atoms with Crippen molar-refractivity contribution in [2.45, 2.75) is 6.29 Å². The highest BCUT2D eigenvalue weighted by atomic mass is 79.9. The molecule has 1 aliphatic heterocycles. The number of ether oxygens (including phenoxy) is 3. The van der Waals surface area contributed by atoms with Gasteiger partial charge in [-0.25, -0.2) is 4.39 Å². The van der Waals surface area contributed by atoms with Crippen molar-refractivity contribution >= 4 is 15.9 Å². The Morgan fingerprint density at radius 2 is 1.94 bits per heavy atom. The summed E-state index contributed by atoms with van der Waals surface area (Å²) in [6, 6.07) is 1.40. The van der Waals surface area contributed by atoms with Crippen LogP contribution in [0.25, 0.3) is 0 Å². The third-order valence-electron chi connectivity index (χ3n) is 2.22. The Bertz CT molecular complexity index is 406. The van der Waals surface area contributed by atoms with Crippen molar-refractivity contribution < 1.29 is 23.0 Å². The molecule has 0 amide bonds. The summed E-state index contributed by atoms with van der Waals surface area (Å²) in [6.45, 7) is 0.741. The monoisotopic (exact) mass is 294 g/mol. The minimum Gasteiger partial charge on any atom is -0.492 e. The van der Waals surface area contributed by atoms with Crippen molar-refractivity contribution in [1.82, 2.24) is 0 Å². The van der Waals surface area contributed by atoms with E-state index in [9.17, 15) is 8.78 Å². The van der Waals surface area contributed by atoms with Crippen molar-refractivity contribution in [3.63, 3.8) is 0 Å². The lowest BCUT2D eigenvalue weighted by molar-refractivity contribution is -0.0469. The fraction of sp³-hybridized carbons (Fsp3) is 0.400. The molecule has 1 aliphatic rings. The highest BCUT2D eigenvalue weighted by molar-refractivity contribution is 9.10. The van der Waals surface area contributed by atoms with Gasteiger partial charge in [-0.15, -0.1) is 0 Å². The third-order valence-corrected chi connectivity index (χ3v) is 2.81. The minimum absolute atomic E-state index is 0.0303. The Balaban J connectivity index is 2.46. The van der Waals surface area contributed by atoms with E-state index in [2.05, 4.69) is 15.9 Å². The van der Waals surface area contributed by atoms with Crippen molar-refractivity contribution in [3.05, 3.63) is 27.7 Å². The van der Waals surface area contributed by atoms with Gasteiger partial charge in [0.05, 0.1) is 24.8 Å². The van der Waals surface area contributed by atoms with Gasteiger partial charge in [0, 0.05) is 5.56 Å². The first-order valence-electron chi connectivity index (χ1n) is 4.59. The Hall–Kier alpha value is -0.720. The van der Waals surface area contributed by atoms with E-state index in [1.54, 1.807) is 0 Å². The summed E-state index contributed by atoms with van der Waals surface area (Å²) in [5.41, 5.74) is 0.0303. The number of hydrogen-bond acceptors (Lipinski definition) is 3. The molecule has 0 saturated carbocycles. The van der Waals surface area contributed by atoms with Gasteiger partial charge in [-0.1, -0.05) is 0 Å². The predicted octanol–water partition coefficient (Wildman–Crippen LogP) is 2.78. The zero-order chi connectivity index (χ0) is 11.7. The summed E-state index contributed by atoms with van der Waals surface area (Å²) in [4.78, 5) is 0. The molecule has 0 spiro atoms. The van der Waals surface area contributed by atoms with Crippen molar-refractivity contribution in [2.24, 2.45) is 0 Å². The van der Waals surface area contributed by atoms with Gasteiger partial charge in [0.2, 0.25) is 5.82 Å². The summed E-state index contributed by atoms with van der Waals surface area (Å²) >= 11 is 3.10. The molecule has 0 bridgehead atoms. The topological polar surface area (TPSA) is 27.7 Å². The van der Waals surface area contributed by atoms with E-state index >= 15 is 0 Å². The van der Waals surface area contributed by atoms with Crippen LogP contribution >= 0.6 is 15.9 Å². The summed E-state index contributed by atoms with van der Waals surface area (Å²) in [7, 11) is 1.27. The Morgan fingerprint density at radius 3 is 2.50 bits per heavy atom. The van der Waals surface area contributed by atoms with Gasteiger partial charge in [-0.2, -0.15) is 4.39 Å². The molecule has 0 aliphatic carbocycles. The van der Waals surface area contributed by atoms with Gasteiger partial charge in [0.25, 0.3) is 0 Å². The number of rotatable bonds is 2. The fourth-order valence-corrected chi connectivity index (χ4v) is 2.08. The summed E-state index contributed by atoms with van der Waals surface area (Å²) in [5.74, 6) is -2.22. The molecular weight excluding hydrogens is 286 g/mol. The van der Waals surface area contributed by atoms with Crippen LogP contribution in [-0.2, 0) is 9.47 Å². The van der Waals surface area contributed by atoms with E-state index in [4.69, 9.17) is 14.2 Å². The molecule has 0 aromatic heterocycles. The molecule has 6 heteroatoms. The first-order chi connectivity index (χ1) is 7.65. The second kappa shape index (κ2) is 4.65. The minimum atomic E-state index is -1.05. The highest BCUT2D eigenvalue weighted by Crippen LogP contribution is 2.36. The van der Waals surface area contributed by atoms with Crippen LogP contribution in [0.4, 0.5) is 8.78 Å². The maximum absolute atomic E-state index is 13.6. The van der Waals surface area contributed by atoms with E-state index < -0.39 is 17.9 Å². The van der Waals surface area contributed by atoms with Gasteiger partial charge in [-0.05, 0) is 22.0 Å². The average molecular weight is 295 g/mol. The van der Waals surface area contributed by atoms with Crippen molar-refractivity contribution in [1.29, 1.82) is 0 Å². The van der Waals surface area contributed by atoms with Gasteiger partial charge in [-0.3, -0.25) is 0 Å². The highest BCUT2D eigenvalue weighted by Gasteiger charge is 2.27. The summed E-state index contributed by atoms with van der Waals surface area (Å²) in [5, 5.41) is 0. The van der Waals surface area contributed by atoms with Crippen LogP contribution in [0.2, 0.25) is 0 Å². The van der Waals surface area contributed by atoms with Gasteiger partial charge < -0.3 is 14.2 Å². The molecule has 1 fully saturated rings. The van der Waals surface area contributed by atoms with Crippen molar-refractivity contribution in [3.8, 4) is 5.75 Å². The molecule has 88 valence electrons. The molecule has 0 atom stereocenters. The van der Waals surface area contributed by atoms with E-state index in [1.165, 1.54) is 13.2 Å². The van der Waals surface area contributed by atoms with E-state index in [0.717, 1.165) is 0 Å². The number of benzene rings is 1. The molecule has 0 unspecified atom stereocenters. The van der Waals surface area contributed by atoms with Crippen LogP contribution in [0.15, 0.2) is 10.5 Å². The predicted molar refractivity (Wildman–Crippen MR) is 55.3 cm³/mol. The first-order valence-corrected chi connectivity index (χ1v) is 5.39. The zero-order valence-electron chi connectivity index (χ0n) is 8.43. The van der Waals surface area contributed by atoms with Crippen LogP contribution in [0.1, 0.15) is 11.9 Å². The smallest absolute Gasteiger partial charge is 0.202 e. The van der Waals surface area contributed by atoms with E-state index in [0.29, 0.717) is 17.7 Å². The standard InChI is InChI=1S/C10H9BrF2O3/c1-14-9-6(11)4-5(7(12)8(9)13)10-15-2-3-16-10/h4,10H,2-3H2,1H3. The molecule has 2 rings (SSSR count). The lowest BCUT2D eigenvalue weighted by atomic mass is 10.2. The van der Waals surface area contributed by atoms with Gasteiger partial charge in [0.1, 0.15) is 0 Å². The summed E-state index contributed by atoms with van der Waals surface area (Å²) < 4.78 is 42.5. The first kappa shape index (κ1) is 11.8. The maximum atomic E-state index is 13.6. The number of methoxy groups -OCH3 is 1. The second-order valence-corrected chi connectivity index (χ2v) is 4.04. The largest absolute Gasteiger partial charge is 0.492 e. The number of hydrogen-bond donors (Lipinski definition) is 0. The third kappa shape index (κ3) is 1.92. The van der Waals surface area contributed by atoms with E-state index in [1.807, 2.05) is 0 Å². The Morgan fingerprint density at radius 1 is 1.31 bits per heavy atom. The second-order valence-electron chi connectivity index (χ2n) is 3.18. The average Bonchev–Trinajstić information content (AvgIpc) is 2.77.